The first-order chi connectivity index (χ1) is 38.4. The van der Waals surface area contributed by atoms with Gasteiger partial charge in [-0.05, 0) is 126 Å². The predicted octanol–water partition coefficient (Wildman–Crippen LogP) is 14.0. The van der Waals surface area contributed by atoms with E-state index >= 15 is 0 Å². The molecule has 0 saturated heterocycles. The van der Waals surface area contributed by atoms with Crippen LogP contribution >= 0.6 is 0 Å². The minimum Gasteiger partial charge on any atom is -0.502 e. The Morgan fingerprint density at radius 3 is 1.14 bits per heavy atom. The molecule has 0 atom stereocenters. The molecular weight excluding hydrogens is 1000 g/mol. The van der Waals surface area contributed by atoms with Gasteiger partial charge in [-0.3, -0.25) is 0 Å². The van der Waals surface area contributed by atoms with Gasteiger partial charge >= 0.3 is 11.9 Å². The van der Waals surface area contributed by atoms with Crippen LogP contribution in [0.1, 0.15) is 153 Å². The van der Waals surface area contributed by atoms with Gasteiger partial charge in [0.15, 0.2) is 23.0 Å². The summed E-state index contributed by atoms with van der Waals surface area (Å²) < 4.78 is 60.5. The number of rotatable bonds is 50. The molecule has 16 nitrogen and oxygen atoms in total. The summed E-state index contributed by atoms with van der Waals surface area (Å²) in [4.78, 5) is 47.2. The van der Waals surface area contributed by atoms with Gasteiger partial charge in [-0.25, -0.2) is 29.1 Å². The Morgan fingerprint density at radius 2 is 0.769 bits per heavy atom. The molecule has 1 fully saturated rings. The molecule has 0 unspecified atom stereocenters. The van der Waals surface area contributed by atoms with Gasteiger partial charge in [-0.1, -0.05) is 77.7 Å². The molecule has 0 aliphatic heterocycles. The molecule has 1 aliphatic rings. The second-order valence-electron chi connectivity index (χ2n) is 18.5. The summed E-state index contributed by atoms with van der Waals surface area (Å²) in [6.45, 7) is 23.9. The third kappa shape index (κ3) is 29.7. The van der Waals surface area contributed by atoms with Crippen LogP contribution in [0.5, 0.6) is 34.5 Å². The van der Waals surface area contributed by atoms with Crippen LogP contribution in [0.15, 0.2) is 87.4 Å². The van der Waals surface area contributed by atoms with E-state index in [-0.39, 0.29) is 12.2 Å². The maximum absolute atomic E-state index is 13.4. The fraction of sp³-hybridized carbons (Fsp3) is 0.581. The van der Waals surface area contributed by atoms with E-state index < -0.39 is 11.9 Å². The molecule has 436 valence electrons. The number of unbranched alkanes of at least 4 members (excludes halogenated alkanes) is 10. The lowest BCUT2D eigenvalue weighted by molar-refractivity contribution is -0.286. The molecule has 0 N–H and O–H groups in total. The minimum atomic E-state index is -0.490. The van der Waals surface area contributed by atoms with Crippen LogP contribution in [-0.4, -0.2) is 103 Å². The fourth-order valence-corrected chi connectivity index (χ4v) is 7.87. The summed E-state index contributed by atoms with van der Waals surface area (Å²) in [5.74, 6) is 2.06. The van der Waals surface area contributed by atoms with Crippen LogP contribution in [0.2, 0.25) is 0 Å². The summed E-state index contributed by atoms with van der Waals surface area (Å²) in [6, 6.07) is 7.39. The molecule has 0 bridgehead atoms. The highest BCUT2D eigenvalue weighted by Crippen LogP contribution is 2.43. The van der Waals surface area contributed by atoms with E-state index in [4.69, 9.17) is 66.9 Å². The smallest absolute Gasteiger partial charge is 0.331 e. The Kier molecular flexibility index (Phi) is 38.3. The van der Waals surface area contributed by atoms with Crippen molar-refractivity contribution in [3.63, 3.8) is 0 Å². The van der Waals surface area contributed by atoms with Gasteiger partial charge in [0.25, 0.3) is 0 Å². The van der Waals surface area contributed by atoms with Gasteiger partial charge in [-0.15, -0.1) is 13.2 Å². The van der Waals surface area contributed by atoms with Gasteiger partial charge in [-0.2, -0.15) is 0 Å². The van der Waals surface area contributed by atoms with Crippen LogP contribution in [0.4, 0.5) is 0 Å². The monoisotopic (exact) mass is 1090 g/mol. The van der Waals surface area contributed by atoms with Gasteiger partial charge in [0.05, 0.1) is 78.6 Å². The van der Waals surface area contributed by atoms with Crippen molar-refractivity contribution >= 4 is 24.1 Å². The molecule has 0 heterocycles. The summed E-state index contributed by atoms with van der Waals surface area (Å²) in [7, 11) is 0. The molecule has 3 rings (SSSR count). The quantitative estimate of drug-likeness (QED) is 0.0117. The molecule has 78 heavy (non-hydrogen) atoms. The average molecular weight is 1090 g/mol. The van der Waals surface area contributed by atoms with E-state index in [0.29, 0.717) is 170 Å². The van der Waals surface area contributed by atoms with Crippen molar-refractivity contribution in [2.24, 2.45) is 0 Å². The number of hydrogen-bond donors (Lipinski definition) is 0. The topological polar surface area (TPSA) is 163 Å². The number of hydrogen-bond acceptors (Lipinski definition) is 16. The third-order valence-electron chi connectivity index (χ3n) is 12.0. The Balaban J connectivity index is 1.70. The zero-order chi connectivity index (χ0) is 55.9. The maximum atomic E-state index is 13.4. The van der Waals surface area contributed by atoms with Crippen molar-refractivity contribution in [2.45, 2.75) is 154 Å². The van der Waals surface area contributed by atoms with Crippen LogP contribution < -0.4 is 28.4 Å². The first-order valence-corrected chi connectivity index (χ1v) is 28.4. The first-order valence-electron chi connectivity index (χ1n) is 28.4. The normalized spacial score (nSPS) is 14.1. The maximum Gasteiger partial charge on any atom is 0.331 e. The van der Waals surface area contributed by atoms with Gasteiger partial charge in [0.2, 0.25) is 11.5 Å². The van der Waals surface area contributed by atoms with E-state index in [1.165, 1.54) is 24.7 Å². The average Bonchev–Trinajstić information content (AvgIpc) is 3.47. The largest absolute Gasteiger partial charge is 0.502 e. The molecular formula is C62H92O16. The predicted molar refractivity (Wildman–Crippen MR) is 304 cm³/mol. The third-order valence-corrected chi connectivity index (χ3v) is 12.0. The molecule has 0 radical (unpaired) electrons. The van der Waals surface area contributed by atoms with Crippen molar-refractivity contribution in [1.82, 2.24) is 0 Å². The molecule has 2 aromatic carbocycles. The highest BCUT2D eigenvalue weighted by atomic mass is 17.2. The summed E-state index contributed by atoms with van der Waals surface area (Å²) >= 11 is 0. The number of carbonyl (C=O) groups is 2. The molecule has 1 saturated carbocycles. The second-order valence-corrected chi connectivity index (χ2v) is 18.5. The summed E-state index contributed by atoms with van der Waals surface area (Å²) in [5, 5.41) is 0. The highest BCUT2D eigenvalue weighted by molar-refractivity contribution is 5.89. The van der Waals surface area contributed by atoms with E-state index in [9.17, 15) is 9.59 Å². The van der Waals surface area contributed by atoms with Crippen molar-refractivity contribution in [3.05, 3.63) is 98.5 Å². The van der Waals surface area contributed by atoms with Gasteiger partial charge < -0.3 is 47.4 Å². The van der Waals surface area contributed by atoms with Gasteiger partial charge in [0, 0.05) is 23.3 Å². The second kappa shape index (κ2) is 45.0. The first kappa shape index (κ1) is 66.3. The van der Waals surface area contributed by atoms with Gasteiger partial charge in [0.1, 0.15) is 25.4 Å². The van der Waals surface area contributed by atoms with Crippen molar-refractivity contribution in [2.75, 3.05) is 79.3 Å². The van der Waals surface area contributed by atoms with Crippen LogP contribution in [-0.2, 0) is 48.1 Å². The van der Waals surface area contributed by atoms with E-state index in [1.54, 1.807) is 24.3 Å². The number of benzene rings is 2. The van der Waals surface area contributed by atoms with Crippen molar-refractivity contribution in [3.8, 4) is 34.5 Å². The number of esters is 2. The summed E-state index contributed by atoms with van der Waals surface area (Å²) in [5.41, 5.74) is 1.31. The Bertz CT molecular complexity index is 2010. The molecule has 0 spiro atoms. The standard InChI is InChI=1S/C62H92O16/c1-7-13-15-17-45-69-59-51(27-35-55(67-43-21-19-41-65-11-5)61(59)71-47-22-20-42-66-12-6)29-37-57(63)77-53-31-33-54(34-32-53)78-58(64)38-30-52-28-36-56(68-44-23-25-49-75-73-39-9-3)62(60(52)70-46-18-16-14-8-2)72-48-24-26-50-76-74-40-10-4/h9-12,27-30,35-38,53-54H,3-8,13-26,31-34,39-50H2,1-2H3/b37-29+,38-30+. The molecule has 2 aromatic rings. The molecule has 16 heteroatoms. The fourth-order valence-electron chi connectivity index (χ4n) is 7.87. The van der Waals surface area contributed by atoms with E-state index in [0.717, 1.165) is 83.5 Å². The zero-order valence-electron chi connectivity index (χ0n) is 47.1. The minimum absolute atomic E-state index is 0.309. The highest BCUT2D eigenvalue weighted by Gasteiger charge is 2.26. The Morgan fingerprint density at radius 1 is 0.423 bits per heavy atom. The lowest BCUT2D eigenvalue weighted by Crippen LogP contribution is -2.29. The number of ether oxygens (including phenoxy) is 10. The molecule has 0 amide bonds. The summed E-state index contributed by atoms with van der Waals surface area (Å²) in [6.07, 6.45) is 27.9. The lowest BCUT2D eigenvalue weighted by atomic mass is 9.95. The van der Waals surface area contributed by atoms with Crippen molar-refractivity contribution in [1.29, 1.82) is 0 Å². The van der Waals surface area contributed by atoms with Crippen LogP contribution in [0.3, 0.4) is 0 Å². The Labute approximate surface area is 465 Å². The lowest BCUT2D eigenvalue weighted by Gasteiger charge is -2.27. The van der Waals surface area contributed by atoms with E-state index in [2.05, 4.69) is 40.2 Å². The number of carbonyl (C=O) groups excluding carboxylic acids is 2. The SMILES string of the molecule is C=CCOOCCCCOc1ccc(/C=C/C(=O)OC2CCC(OC(=O)/C=C/c3ccc(OCCCCOC=C)c(OCCCCOC=C)c3OCCCCCC)CC2)c(OCCCCCC)c1OCCCCOOCC=C. The Hall–Kier alpha value is -5.94. The van der Waals surface area contributed by atoms with E-state index in [1.807, 2.05) is 24.3 Å². The zero-order valence-corrected chi connectivity index (χ0v) is 47.1. The van der Waals surface area contributed by atoms with Crippen LogP contribution in [0.25, 0.3) is 12.2 Å². The van der Waals surface area contributed by atoms with Crippen molar-refractivity contribution < 1.29 is 76.5 Å². The molecule has 1 aliphatic carbocycles. The molecule has 0 aromatic heterocycles. The van der Waals surface area contributed by atoms with Crippen LogP contribution in [0, 0.1) is 0 Å².